The van der Waals surface area contributed by atoms with E-state index in [9.17, 15) is 0 Å². The lowest BCUT2D eigenvalue weighted by Crippen LogP contribution is -2.11. The molecule has 0 spiro atoms. The molecule has 0 amide bonds. The van der Waals surface area contributed by atoms with Crippen molar-refractivity contribution in [2.24, 2.45) is 10.2 Å². The van der Waals surface area contributed by atoms with Crippen LogP contribution in [0.4, 0.5) is 11.5 Å². The molecule has 1 aromatic carbocycles. The van der Waals surface area contributed by atoms with Crippen LogP contribution < -0.4 is 0 Å². The number of imidazole rings is 1. The van der Waals surface area contributed by atoms with Crippen molar-refractivity contribution in [2.45, 2.75) is 33.1 Å². The van der Waals surface area contributed by atoms with E-state index in [1.807, 2.05) is 53.9 Å². The summed E-state index contributed by atoms with van der Waals surface area (Å²) < 4.78 is 1.89. The van der Waals surface area contributed by atoms with Gasteiger partial charge in [-0.15, -0.1) is 10.2 Å². The van der Waals surface area contributed by atoms with Crippen molar-refractivity contribution in [2.75, 3.05) is 0 Å². The predicted molar refractivity (Wildman–Crippen MR) is 94.3 cm³/mol. The van der Waals surface area contributed by atoms with Crippen LogP contribution in [0.3, 0.4) is 0 Å². The normalized spacial score (nSPS) is 12.4. The van der Waals surface area contributed by atoms with E-state index in [0.29, 0.717) is 5.02 Å². The van der Waals surface area contributed by atoms with Gasteiger partial charge in [0.1, 0.15) is 5.65 Å². The van der Waals surface area contributed by atoms with Crippen LogP contribution in [0.5, 0.6) is 0 Å². The molecule has 0 bridgehead atoms. The van der Waals surface area contributed by atoms with E-state index in [-0.39, 0.29) is 5.41 Å². The first-order chi connectivity index (χ1) is 10.9. The lowest BCUT2D eigenvalue weighted by atomic mass is 9.92. The molecule has 4 nitrogen and oxygen atoms in total. The van der Waals surface area contributed by atoms with Gasteiger partial charge in [-0.3, -0.25) is 4.40 Å². The molecule has 0 fully saturated rings. The lowest BCUT2D eigenvalue weighted by Gasteiger charge is -2.15. The molecule has 5 heteroatoms. The quantitative estimate of drug-likeness (QED) is 0.532. The first-order valence-electron chi connectivity index (χ1n) is 7.52. The zero-order chi connectivity index (χ0) is 16.6. The molecule has 118 valence electrons. The summed E-state index contributed by atoms with van der Waals surface area (Å²) in [5.74, 6) is 0.721. The lowest BCUT2D eigenvalue weighted by molar-refractivity contribution is 0.574. The zero-order valence-corrected chi connectivity index (χ0v) is 14.5. The maximum atomic E-state index is 6.14. The van der Waals surface area contributed by atoms with Crippen LogP contribution in [-0.4, -0.2) is 9.38 Å². The summed E-state index contributed by atoms with van der Waals surface area (Å²) in [5, 5.41) is 9.56. The Hall–Kier alpha value is -2.20. The minimum Gasteiger partial charge on any atom is -0.281 e. The standard InChI is InChI=1S/C18H19ClN4/c1-12-7-5-6-8-14(12)21-22-17-16(18(2,3)4)20-15-10-9-13(19)11-23(15)17/h5-11H,1-4H3. The molecule has 0 aliphatic carbocycles. The number of benzene rings is 1. The number of nitrogens with zero attached hydrogens (tertiary/aromatic N) is 4. The summed E-state index contributed by atoms with van der Waals surface area (Å²) in [7, 11) is 0. The Morgan fingerprint density at radius 1 is 1.04 bits per heavy atom. The molecule has 0 aliphatic rings. The molecule has 3 rings (SSSR count). The Labute approximate surface area is 140 Å². The number of halogens is 1. The highest BCUT2D eigenvalue weighted by Crippen LogP contribution is 2.34. The number of aromatic nitrogens is 2. The average molecular weight is 327 g/mol. The van der Waals surface area contributed by atoms with E-state index in [1.54, 1.807) is 0 Å². The van der Waals surface area contributed by atoms with Crippen molar-refractivity contribution in [3.63, 3.8) is 0 Å². The highest BCUT2D eigenvalue weighted by molar-refractivity contribution is 6.30. The van der Waals surface area contributed by atoms with Gasteiger partial charge >= 0.3 is 0 Å². The van der Waals surface area contributed by atoms with Gasteiger partial charge in [0.15, 0.2) is 5.82 Å². The van der Waals surface area contributed by atoms with E-state index in [4.69, 9.17) is 16.6 Å². The third kappa shape index (κ3) is 3.13. The van der Waals surface area contributed by atoms with Gasteiger partial charge in [-0.05, 0) is 30.7 Å². The van der Waals surface area contributed by atoms with Gasteiger partial charge in [-0.1, -0.05) is 50.6 Å². The molecule has 0 radical (unpaired) electrons. The molecule has 2 heterocycles. The predicted octanol–water partition coefficient (Wildman–Crippen LogP) is 6.01. The summed E-state index contributed by atoms with van der Waals surface area (Å²) in [6.07, 6.45) is 1.82. The Balaban J connectivity index is 2.18. The van der Waals surface area contributed by atoms with Crippen molar-refractivity contribution in [1.29, 1.82) is 0 Å². The number of hydrogen-bond donors (Lipinski definition) is 0. The van der Waals surface area contributed by atoms with Crippen molar-refractivity contribution < 1.29 is 0 Å². The Bertz CT molecular complexity index is 888. The summed E-state index contributed by atoms with van der Waals surface area (Å²) >= 11 is 6.14. The topological polar surface area (TPSA) is 42.0 Å². The fraction of sp³-hybridized carbons (Fsp3) is 0.278. The van der Waals surface area contributed by atoms with Crippen LogP contribution >= 0.6 is 11.6 Å². The maximum absolute atomic E-state index is 6.14. The smallest absolute Gasteiger partial charge is 0.183 e. The number of aryl methyl sites for hydroxylation is 1. The molecule has 0 saturated heterocycles. The SMILES string of the molecule is Cc1ccccc1N=Nc1c(C(C)(C)C)nc2ccc(Cl)cn12. The van der Waals surface area contributed by atoms with Crippen molar-refractivity contribution >= 4 is 28.8 Å². The van der Waals surface area contributed by atoms with E-state index in [1.165, 1.54) is 0 Å². The van der Waals surface area contributed by atoms with Crippen LogP contribution in [0.15, 0.2) is 52.8 Å². The molecule has 0 unspecified atom stereocenters. The average Bonchev–Trinajstić information content (AvgIpc) is 2.84. The van der Waals surface area contributed by atoms with Crippen molar-refractivity contribution in [3.05, 3.63) is 58.9 Å². The van der Waals surface area contributed by atoms with Crippen LogP contribution in [-0.2, 0) is 5.41 Å². The highest BCUT2D eigenvalue weighted by Gasteiger charge is 2.24. The van der Waals surface area contributed by atoms with Crippen LogP contribution in [0.1, 0.15) is 32.0 Å². The second-order valence-corrected chi connectivity index (χ2v) is 7.03. The van der Waals surface area contributed by atoms with Gasteiger partial charge in [0.2, 0.25) is 0 Å². The fourth-order valence-electron chi connectivity index (χ4n) is 2.38. The second-order valence-electron chi connectivity index (χ2n) is 6.60. The Morgan fingerprint density at radius 3 is 2.48 bits per heavy atom. The van der Waals surface area contributed by atoms with Gasteiger partial charge in [0.05, 0.1) is 16.4 Å². The van der Waals surface area contributed by atoms with Gasteiger partial charge < -0.3 is 0 Å². The Kier molecular flexibility index (Phi) is 3.94. The van der Waals surface area contributed by atoms with Gasteiger partial charge in [0, 0.05) is 11.6 Å². The maximum Gasteiger partial charge on any atom is 0.183 e. The molecule has 0 atom stereocenters. The first kappa shape index (κ1) is 15.7. The summed E-state index contributed by atoms with van der Waals surface area (Å²) in [5.41, 5.74) is 3.51. The Morgan fingerprint density at radius 2 is 1.78 bits per heavy atom. The van der Waals surface area contributed by atoms with E-state index < -0.39 is 0 Å². The molecular weight excluding hydrogens is 308 g/mol. The number of pyridine rings is 1. The second kappa shape index (κ2) is 5.78. The largest absolute Gasteiger partial charge is 0.281 e. The third-order valence-corrected chi connectivity index (χ3v) is 3.86. The van der Waals surface area contributed by atoms with Gasteiger partial charge in [0.25, 0.3) is 0 Å². The van der Waals surface area contributed by atoms with Crippen molar-refractivity contribution in [3.8, 4) is 0 Å². The molecule has 2 aromatic heterocycles. The minimum atomic E-state index is -0.140. The van der Waals surface area contributed by atoms with E-state index >= 15 is 0 Å². The summed E-state index contributed by atoms with van der Waals surface area (Å²) in [4.78, 5) is 4.71. The molecule has 23 heavy (non-hydrogen) atoms. The number of rotatable bonds is 2. The molecule has 0 N–H and O–H groups in total. The van der Waals surface area contributed by atoms with E-state index in [0.717, 1.165) is 28.4 Å². The van der Waals surface area contributed by atoms with Gasteiger partial charge in [-0.2, -0.15) is 0 Å². The fourth-order valence-corrected chi connectivity index (χ4v) is 2.54. The number of azo groups is 1. The minimum absolute atomic E-state index is 0.140. The molecule has 0 saturated carbocycles. The van der Waals surface area contributed by atoms with Crippen LogP contribution in [0, 0.1) is 6.92 Å². The summed E-state index contributed by atoms with van der Waals surface area (Å²) in [6.45, 7) is 8.36. The molecule has 0 aliphatic heterocycles. The third-order valence-electron chi connectivity index (χ3n) is 3.64. The molecular formula is C18H19ClN4. The highest BCUT2D eigenvalue weighted by atomic mass is 35.5. The molecule has 3 aromatic rings. The van der Waals surface area contributed by atoms with E-state index in [2.05, 4.69) is 31.0 Å². The van der Waals surface area contributed by atoms with Gasteiger partial charge in [-0.25, -0.2) is 4.98 Å². The van der Waals surface area contributed by atoms with Crippen molar-refractivity contribution in [1.82, 2.24) is 9.38 Å². The van der Waals surface area contributed by atoms with Crippen LogP contribution in [0.2, 0.25) is 5.02 Å². The monoisotopic (exact) mass is 326 g/mol. The zero-order valence-electron chi connectivity index (χ0n) is 13.7. The summed E-state index contributed by atoms with van der Waals surface area (Å²) in [6, 6.07) is 11.6. The first-order valence-corrected chi connectivity index (χ1v) is 7.89. The number of fused-ring (bicyclic) bond motifs is 1. The number of hydrogen-bond acceptors (Lipinski definition) is 3. The van der Waals surface area contributed by atoms with Crippen LogP contribution in [0.25, 0.3) is 5.65 Å².